The maximum absolute atomic E-state index is 9.18. The van der Waals surface area contributed by atoms with E-state index in [9.17, 15) is 5.11 Å². The molecule has 1 saturated carbocycles. The molecule has 1 aromatic rings. The third-order valence-corrected chi connectivity index (χ3v) is 3.98. The van der Waals surface area contributed by atoms with E-state index in [1.54, 1.807) is 0 Å². The van der Waals surface area contributed by atoms with E-state index in [0.29, 0.717) is 6.04 Å². The zero-order valence-electron chi connectivity index (χ0n) is 10.9. The van der Waals surface area contributed by atoms with Gasteiger partial charge in [0.25, 0.3) is 0 Å². The van der Waals surface area contributed by atoms with Gasteiger partial charge < -0.3 is 5.11 Å². The molecule has 2 rings (SSSR count). The second-order valence-electron chi connectivity index (χ2n) is 5.15. The highest BCUT2D eigenvalue weighted by Crippen LogP contribution is 2.27. The predicted molar refractivity (Wildman–Crippen MR) is 71.1 cm³/mol. The number of aryl methyl sites for hydroxylation is 2. The van der Waals surface area contributed by atoms with Gasteiger partial charge >= 0.3 is 0 Å². The van der Waals surface area contributed by atoms with Gasteiger partial charge in [-0.3, -0.25) is 4.90 Å². The molecule has 1 aliphatic carbocycles. The van der Waals surface area contributed by atoms with Gasteiger partial charge in [0, 0.05) is 19.1 Å². The van der Waals surface area contributed by atoms with E-state index >= 15 is 0 Å². The molecule has 1 fully saturated rings. The Bertz CT molecular complexity index is 351. The smallest absolute Gasteiger partial charge is 0.0558 e. The van der Waals surface area contributed by atoms with Gasteiger partial charge in [-0.1, -0.05) is 24.6 Å². The van der Waals surface area contributed by atoms with Crippen molar-refractivity contribution < 1.29 is 5.11 Å². The summed E-state index contributed by atoms with van der Waals surface area (Å²) in [5, 5.41) is 9.18. The standard InChI is InChI=1S/C15H23NO/c1-12-5-3-6-13(2)15(12)11-16(9-10-17)14-7-4-8-14/h3,5-6,14,17H,4,7-11H2,1-2H3. The minimum absolute atomic E-state index is 0.265. The fraction of sp³-hybridized carbons (Fsp3) is 0.600. The Morgan fingerprint density at radius 3 is 2.35 bits per heavy atom. The number of benzene rings is 1. The molecule has 94 valence electrons. The van der Waals surface area contributed by atoms with E-state index < -0.39 is 0 Å². The summed E-state index contributed by atoms with van der Waals surface area (Å²) in [4.78, 5) is 2.44. The van der Waals surface area contributed by atoms with E-state index in [-0.39, 0.29) is 6.61 Å². The molecule has 0 amide bonds. The van der Waals surface area contributed by atoms with E-state index in [1.807, 2.05) is 0 Å². The van der Waals surface area contributed by atoms with Gasteiger partial charge in [0.1, 0.15) is 0 Å². The van der Waals surface area contributed by atoms with Crippen molar-refractivity contribution in [3.8, 4) is 0 Å². The normalized spacial score (nSPS) is 16.2. The second kappa shape index (κ2) is 5.65. The fourth-order valence-electron chi connectivity index (χ4n) is 2.57. The van der Waals surface area contributed by atoms with Crippen molar-refractivity contribution in [2.45, 2.75) is 45.7 Å². The van der Waals surface area contributed by atoms with Crippen LogP contribution in [0, 0.1) is 13.8 Å². The molecule has 2 nitrogen and oxygen atoms in total. The highest BCUT2D eigenvalue weighted by Gasteiger charge is 2.25. The van der Waals surface area contributed by atoms with Gasteiger partial charge in [0.2, 0.25) is 0 Å². The molecule has 1 aliphatic rings. The molecule has 0 heterocycles. The Morgan fingerprint density at radius 2 is 1.88 bits per heavy atom. The van der Waals surface area contributed by atoms with E-state index in [1.165, 1.54) is 36.0 Å². The maximum Gasteiger partial charge on any atom is 0.0558 e. The largest absolute Gasteiger partial charge is 0.395 e. The summed E-state index contributed by atoms with van der Waals surface area (Å²) >= 11 is 0. The Hall–Kier alpha value is -0.860. The first-order valence-corrected chi connectivity index (χ1v) is 6.62. The van der Waals surface area contributed by atoms with Crippen LogP contribution in [0.15, 0.2) is 18.2 Å². The number of hydrogen-bond donors (Lipinski definition) is 1. The zero-order valence-corrected chi connectivity index (χ0v) is 10.9. The predicted octanol–water partition coefficient (Wildman–Crippen LogP) is 2.65. The van der Waals surface area contributed by atoms with Gasteiger partial charge in [-0.05, 0) is 43.4 Å². The molecule has 0 atom stereocenters. The van der Waals surface area contributed by atoms with Gasteiger partial charge in [-0.15, -0.1) is 0 Å². The van der Waals surface area contributed by atoms with Crippen LogP contribution in [0.25, 0.3) is 0 Å². The first-order valence-electron chi connectivity index (χ1n) is 6.62. The van der Waals surface area contributed by atoms with Gasteiger partial charge in [-0.2, -0.15) is 0 Å². The third kappa shape index (κ3) is 2.88. The summed E-state index contributed by atoms with van der Waals surface area (Å²) in [5.41, 5.74) is 4.17. The lowest BCUT2D eigenvalue weighted by Gasteiger charge is -2.37. The molecule has 0 radical (unpaired) electrons. The zero-order chi connectivity index (χ0) is 12.3. The Balaban J connectivity index is 2.10. The maximum atomic E-state index is 9.18. The summed E-state index contributed by atoms with van der Waals surface area (Å²) in [5.74, 6) is 0. The van der Waals surface area contributed by atoms with Gasteiger partial charge in [0.05, 0.1) is 6.61 Å². The van der Waals surface area contributed by atoms with Crippen LogP contribution >= 0.6 is 0 Å². The lowest BCUT2D eigenvalue weighted by atomic mass is 9.90. The van der Waals surface area contributed by atoms with Crippen LogP contribution < -0.4 is 0 Å². The molecule has 0 aliphatic heterocycles. The Kier molecular flexibility index (Phi) is 4.19. The number of hydrogen-bond acceptors (Lipinski definition) is 2. The van der Waals surface area contributed by atoms with Crippen molar-refractivity contribution in [1.82, 2.24) is 4.90 Å². The molecule has 1 N–H and O–H groups in total. The lowest BCUT2D eigenvalue weighted by molar-refractivity contribution is 0.0942. The van der Waals surface area contributed by atoms with Crippen LogP contribution in [0.5, 0.6) is 0 Å². The lowest BCUT2D eigenvalue weighted by Crippen LogP contribution is -2.41. The summed E-state index contributed by atoms with van der Waals surface area (Å²) in [6.07, 6.45) is 3.94. The molecule has 0 unspecified atom stereocenters. The van der Waals surface area contributed by atoms with Crippen LogP contribution in [-0.4, -0.2) is 29.2 Å². The molecule has 0 saturated heterocycles. The average Bonchev–Trinajstić information content (AvgIpc) is 2.21. The summed E-state index contributed by atoms with van der Waals surface area (Å²) in [7, 11) is 0. The van der Waals surface area contributed by atoms with Crippen molar-refractivity contribution in [3.63, 3.8) is 0 Å². The molecule has 2 heteroatoms. The minimum atomic E-state index is 0.265. The van der Waals surface area contributed by atoms with Crippen LogP contribution in [0.3, 0.4) is 0 Å². The average molecular weight is 233 g/mol. The van der Waals surface area contributed by atoms with Gasteiger partial charge in [0.15, 0.2) is 0 Å². The summed E-state index contributed by atoms with van der Waals surface area (Å²) < 4.78 is 0. The van der Waals surface area contributed by atoms with Crippen molar-refractivity contribution in [3.05, 3.63) is 34.9 Å². The van der Waals surface area contributed by atoms with Crippen LogP contribution in [-0.2, 0) is 6.54 Å². The number of aliphatic hydroxyl groups excluding tert-OH is 1. The van der Waals surface area contributed by atoms with E-state index in [2.05, 4.69) is 36.9 Å². The molecule has 1 aromatic carbocycles. The first-order chi connectivity index (χ1) is 8.22. The summed E-state index contributed by atoms with van der Waals surface area (Å²) in [6.45, 7) is 6.42. The molecule has 17 heavy (non-hydrogen) atoms. The number of nitrogens with zero attached hydrogens (tertiary/aromatic N) is 1. The van der Waals surface area contributed by atoms with Crippen LogP contribution in [0.2, 0.25) is 0 Å². The second-order valence-corrected chi connectivity index (χ2v) is 5.15. The SMILES string of the molecule is Cc1cccc(C)c1CN(CCO)C1CCC1. The van der Waals surface area contributed by atoms with Gasteiger partial charge in [-0.25, -0.2) is 0 Å². The Morgan fingerprint density at radius 1 is 1.24 bits per heavy atom. The van der Waals surface area contributed by atoms with Crippen molar-refractivity contribution in [2.24, 2.45) is 0 Å². The van der Waals surface area contributed by atoms with E-state index in [0.717, 1.165) is 13.1 Å². The first kappa shape index (κ1) is 12.6. The van der Waals surface area contributed by atoms with E-state index in [4.69, 9.17) is 0 Å². The Labute approximate surface area is 104 Å². The van der Waals surface area contributed by atoms with Crippen molar-refractivity contribution in [2.75, 3.05) is 13.2 Å². The molecule has 0 aromatic heterocycles. The quantitative estimate of drug-likeness (QED) is 0.845. The topological polar surface area (TPSA) is 23.5 Å². The molecular formula is C15H23NO. The molecule has 0 spiro atoms. The highest BCUT2D eigenvalue weighted by atomic mass is 16.3. The minimum Gasteiger partial charge on any atom is -0.395 e. The number of rotatable bonds is 5. The van der Waals surface area contributed by atoms with Crippen molar-refractivity contribution in [1.29, 1.82) is 0 Å². The molecular weight excluding hydrogens is 210 g/mol. The monoisotopic (exact) mass is 233 g/mol. The third-order valence-electron chi connectivity index (χ3n) is 3.98. The summed E-state index contributed by atoms with van der Waals surface area (Å²) in [6, 6.07) is 7.18. The number of aliphatic hydroxyl groups is 1. The fourth-order valence-corrected chi connectivity index (χ4v) is 2.57. The molecule has 0 bridgehead atoms. The highest BCUT2D eigenvalue weighted by molar-refractivity contribution is 5.33. The van der Waals surface area contributed by atoms with Crippen LogP contribution in [0.4, 0.5) is 0 Å². The van der Waals surface area contributed by atoms with Crippen molar-refractivity contribution >= 4 is 0 Å². The van der Waals surface area contributed by atoms with Crippen LogP contribution in [0.1, 0.15) is 36.0 Å².